The number of rotatable bonds is 2. The minimum atomic E-state index is 0. The third kappa shape index (κ3) is 6.11. The number of nitrogen functional groups attached to an aromatic ring is 2. The van der Waals surface area contributed by atoms with E-state index in [0.29, 0.717) is 17.1 Å². The summed E-state index contributed by atoms with van der Waals surface area (Å²) in [6.45, 7) is 5.53. The van der Waals surface area contributed by atoms with Crippen LogP contribution in [0.15, 0.2) is 31.1 Å². The van der Waals surface area contributed by atoms with E-state index in [1.54, 1.807) is 18.3 Å². The predicted octanol–water partition coefficient (Wildman–Crippen LogP) is 1.77. The Balaban J connectivity index is 0.000000324. The van der Waals surface area contributed by atoms with Gasteiger partial charge in [-0.05, 0) is 24.6 Å². The Labute approximate surface area is 113 Å². The van der Waals surface area contributed by atoms with Crippen LogP contribution in [0.3, 0.4) is 0 Å². The molecule has 0 atom stereocenters. The van der Waals surface area contributed by atoms with Gasteiger partial charge in [-0.1, -0.05) is 13.5 Å². The van der Waals surface area contributed by atoms with Crippen molar-refractivity contribution in [3.8, 4) is 0 Å². The Morgan fingerprint density at radius 1 is 1.11 bits per heavy atom. The summed E-state index contributed by atoms with van der Waals surface area (Å²) in [5.74, 6) is 0. The summed E-state index contributed by atoms with van der Waals surface area (Å²) in [6, 6.07) is 3.53. The Hall–Kier alpha value is -2.50. The lowest BCUT2D eigenvalue weighted by molar-refractivity contribution is 0.922. The number of hydrogen-bond acceptors (Lipinski definition) is 6. The molecule has 102 valence electrons. The molecule has 0 radical (unpaired) electrons. The molecule has 2 aromatic heterocycles. The third-order valence-electron chi connectivity index (χ3n) is 1.99. The van der Waals surface area contributed by atoms with Crippen LogP contribution in [0, 0.1) is 7.43 Å². The van der Waals surface area contributed by atoms with Crippen molar-refractivity contribution in [2.45, 2.75) is 13.3 Å². The fraction of sp³-hybridized carbons (Fsp3) is 0.154. The lowest BCUT2D eigenvalue weighted by Gasteiger charge is -1.92. The van der Waals surface area contributed by atoms with Gasteiger partial charge in [0.2, 0.25) is 0 Å². The summed E-state index contributed by atoms with van der Waals surface area (Å²) in [6.07, 6.45) is 5.52. The molecule has 0 saturated carbocycles. The lowest BCUT2D eigenvalue weighted by atomic mass is 10.3. The molecular formula is C13H19N6-. The Morgan fingerprint density at radius 2 is 1.68 bits per heavy atom. The number of nitrogens with two attached hydrogens (primary N) is 2. The number of anilines is 2. The molecule has 0 bridgehead atoms. The van der Waals surface area contributed by atoms with Crippen molar-refractivity contribution in [3.63, 3.8) is 0 Å². The highest BCUT2D eigenvalue weighted by Gasteiger charge is 1.89. The monoisotopic (exact) mass is 259 g/mol. The van der Waals surface area contributed by atoms with Crippen LogP contribution in [0.4, 0.5) is 11.4 Å². The minimum absolute atomic E-state index is 0. The van der Waals surface area contributed by atoms with E-state index in [1.807, 2.05) is 13.0 Å². The molecule has 0 saturated heterocycles. The molecule has 0 aliphatic rings. The fourth-order valence-corrected chi connectivity index (χ4v) is 1.10. The first-order valence-corrected chi connectivity index (χ1v) is 5.43. The summed E-state index contributed by atoms with van der Waals surface area (Å²) in [5.41, 5.74) is 13.8. The number of aromatic nitrogens is 4. The molecular weight excluding hydrogens is 240 g/mol. The minimum Gasteiger partial charge on any atom is -0.397 e. The van der Waals surface area contributed by atoms with Gasteiger partial charge in [-0.3, -0.25) is 0 Å². The summed E-state index contributed by atoms with van der Waals surface area (Å²) >= 11 is 0. The van der Waals surface area contributed by atoms with E-state index in [4.69, 9.17) is 11.5 Å². The molecule has 0 amide bonds. The third-order valence-corrected chi connectivity index (χ3v) is 1.99. The van der Waals surface area contributed by atoms with Gasteiger partial charge in [0, 0.05) is 0 Å². The van der Waals surface area contributed by atoms with Crippen LogP contribution in [0.2, 0.25) is 0 Å². The molecule has 0 aliphatic heterocycles. The highest BCUT2D eigenvalue weighted by Crippen LogP contribution is 2.00. The van der Waals surface area contributed by atoms with Crippen LogP contribution in [-0.4, -0.2) is 20.4 Å². The van der Waals surface area contributed by atoms with Crippen molar-refractivity contribution < 1.29 is 0 Å². The highest BCUT2D eigenvalue weighted by atomic mass is 15.1. The second kappa shape index (κ2) is 8.57. The topological polar surface area (TPSA) is 104 Å². The van der Waals surface area contributed by atoms with Crippen LogP contribution in [0.1, 0.15) is 18.3 Å². The standard InChI is InChI=1S/C6H9N3.C6H7N3.CH3/c2*1-2-6-3-5(7)4-8-9-6;/h3-4H,2H2,1H3,(H2,7,9);2-4H,1H2,(H2,7,9);1H3/q;;-1. The Bertz CT molecular complexity index is 512. The second-order valence-electron chi connectivity index (χ2n) is 3.45. The van der Waals surface area contributed by atoms with Gasteiger partial charge >= 0.3 is 0 Å². The molecule has 2 aromatic rings. The quantitative estimate of drug-likeness (QED) is 0.796. The average Bonchev–Trinajstić information content (AvgIpc) is 2.39. The molecule has 0 fully saturated rings. The van der Waals surface area contributed by atoms with E-state index >= 15 is 0 Å². The first kappa shape index (κ1) is 16.5. The molecule has 2 rings (SSSR count). The zero-order chi connectivity index (χ0) is 13.4. The number of hydrogen-bond donors (Lipinski definition) is 2. The van der Waals surface area contributed by atoms with E-state index < -0.39 is 0 Å². The largest absolute Gasteiger partial charge is 0.397 e. The molecule has 6 nitrogen and oxygen atoms in total. The van der Waals surface area contributed by atoms with E-state index in [1.165, 1.54) is 6.20 Å². The maximum Gasteiger partial charge on any atom is 0.0872 e. The van der Waals surface area contributed by atoms with Crippen molar-refractivity contribution in [1.29, 1.82) is 0 Å². The molecule has 4 N–H and O–H groups in total. The van der Waals surface area contributed by atoms with Gasteiger partial charge in [0.15, 0.2) is 0 Å². The van der Waals surface area contributed by atoms with Crippen LogP contribution < -0.4 is 11.5 Å². The normalized spacial score (nSPS) is 8.68. The number of aryl methyl sites for hydroxylation is 1. The Kier molecular flexibility index (Phi) is 7.44. The molecule has 0 spiro atoms. The zero-order valence-corrected chi connectivity index (χ0v) is 11.2. The molecule has 0 aromatic carbocycles. The van der Waals surface area contributed by atoms with Crippen molar-refractivity contribution in [1.82, 2.24) is 20.4 Å². The van der Waals surface area contributed by atoms with Crippen molar-refractivity contribution in [2.24, 2.45) is 0 Å². The summed E-state index contributed by atoms with van der Waals surface area (Å²) in [5, 5.41) is 14.8. The van der Waals surface area contributed by atoms with Crippen molar-refractivity contribution in [2.75, 3.05) is 11.5 Å². The average molecular weight is 259 g/mol. The van der Waals surface area contributed by atoms with Gasteiger partial charge in [0.25, 0.3) is 0 Å². The Morgan fingerprint density at radius 3 is 2.05 bits per heavy atom. The maximum absolute atomic E-state index is 5.43. The number of nitrogens with zero attached hydrogens (tertiary/aromatic N) is 4. The van der Waals surface area contributed by atoms with E-state index in [2.05, 4.69) is 27.0 Å². The van der Waals surface area contributed by atoms with Crippen LogP contribution in [0.25, 0.3) is 6.08 Å². The van der Waals surface area contributed by atoms with E-state index in [-0.39, 0.29) is 7.43 Å². The molecule has 0 unspecified atom stereocenters. The molecule has 0 aliphatic carbocycles. The fourth-order valence-electron chi connectivity index (χ4n) is 1.10. The second-order valence-corrected chi connectivity index (χ2v) is 3.45. The molecule has 19 heavy (non-hydrogen) atoms. The van der Waals surface area contributed by atoms with Crippen LogP contribution in [0.5, 0.6) is 0 Å². The molecule has 6 heteroatoms. The van der Waals surface area contributed by atoms with Crippen molar-refractivity contribution in [3.05, 3.63) is 49.9 Å². The SMILES string of the molecule is C=Cc1cc(N)cnn1.CCc1cc(N)cnn1.[CH3-]. The van der Waals surface area contributed by atoms with Gasteiger partial charge in [0.1, 0.15) is 0 Å². The van der Waals surface area contributed by atoms with Gasteiger partial charge in [-0.2, -0.15) is 20.4 Å². The molecule has 2 heterocycles. The maximum atomic E-state index is 5.43. The van der Waals surface area contributed by atoms with Gasteiger partial charge in [0.05, 0.1) is 35.2 Å². The van der Waals surface area contributed by atoms with E-state index in [9.17, 15) is 0 Å². The van der Waals surface area contributed by atoms with E-state index in [0.717, 1.165) is 12.1 Å². The lowest BCUT2D eigenvalue weighted by Crippen LogP contribution is -1.93. The van der Waals surface area contributed by atoms with Gasteiger partial charge < -0.3 is 18.9 Å². The first-order chi connectivity index (χ1) is 8.65. The summed E-state index contributed by atoms with van der Waals surface area (Å²) in [7, 11) is 0. The van der Waals surface area contributed by atoms with Crippen LogP contribution >= 0.6 is 0 Å². The van der Waals surface area contributed by atoms with Crippen molar-refractivity contribution >= 4 is 17.5 Å². The summed E-state index contributed by atoms with van der Waals surface area (Å²) in [4.78, 5) is 0. The summed E-state index contributed by atoms with van der Waals surface area (Å²) < 4.78 is 0. The predicted molar refractivity (Wildman–Crippen MR) is 78.8 cm³/mol. The van der Waals surface area contributed by atoms with Gasteiger partial charge in [-0.25, -0.2) is 0 Å². The zero-order valence-electron chi connectivity index (χ0n) is 11.2. The van der Waals surface area contributed by atoms with Gasteiger partial charge in [-0.15, -0.1) is 0 Å². The highest BCUT2D eigenvalue weighted by molar-refractivity contribution is 5.47. The van der Waals surface area contributed by atoms with Crippen LogP contribution in [-0.2, 0) is 6.42 Å². The smallest absolute Gasteiger partial charge is 0.0872 e. The first-order valence-electron chi connectivity index (χ1n) is 5.43.